The van der Waals surface area contributed by atoms with Crippen LogP contribution in [0.15, 0.2) is 133 Å². The normalized spacial score (nSPS) is 11.0. The largest absolute Gasteiger partial charge is 0.292 e. The van der Waals surface area contributed by atoms with Crippen LogP contribution in [0, 0.1) is 0 Å². The summed E-state index contributed by atoms with van der Waals surface area (Å²) in [7, 11) is 0. The zero-order valence-electron chi connectivity index (χ0n) is 18.1. The van der Waals surface area contributed by atoms with Crippen molar-refractivity contribution >= 4 is 11.0 Å². The molecule has 1 heterocycles. The Hall–Kier alpha value is -4.43. The third-order valence-electron chi connectivity index (χ3n) is 6.03. The van der Waals surface area contributed by atoms with Gasteiger partial charge in [0, 0.05) is 11.3 Å². The van der Waals surface area contributed by atoms with Gasteiger partial charge >= 0.3 is 0 Å². The third kappa shape index (κ3) is 3.42. The lowest BCUT2D eigenvalue weighted by atomic mass is 9.91. The number of hydrogen-bond donors (Lipinski definition) is 0. The molecule has 1 aromatic heterocycles. The Bertz CT molecular complexity index is 1470. The highest BCUT2D eigenvalue weighted by molar-refractivity contribution is 5.96. The van der Waals surface area contributed by atoms with Crippen LogP contribution in [0.25, 0.3) is 50.4 Å². The Morgan fingerprint density at radius 3 is 1.58 bits per heavy atom. The van der Waals surface area contributed by atoms with E-state index in [1.54, 1.807) is 0 Å². The first-order chi connectivity index (χ1) is 16.4. The SMILES string of the molecule is c1ccc(-c2cccc(-c3ccccc3)c2-c2nc3ccccc3n2-c2ccccc2)cc1. The van der Waals surface area contributed by atoms with E-state index in [1.807, 2.05) is 0 Å². The molecule has 156 valence electrons. The molecule has 0 atom stereocenters. The Morgan fingerprint density at radius 2 is 0.970 bits per heavy atom. The van der Waals surface area contributed by atoms with E-state index in [1.165, 1.54) is 22.3 Å². The van der Waals surface area contributed by atoms with E-state index in [2.05, 4.69) is 138 Å². The maximum Gasteiger partial charge on any atom is 0.146 e. The van der Waals surface area contributed by atoms with Gasteiger partial charge in [0.1, 0.15) is 5.82 Å². The van der Waals surface area contributed by atoms with Crippen LogP contribution in [0.4, 0.5) is 0 Å². The molecule has 0 aliphatic rings. The lowest BCUT2D eigenvalue weighted by molar-refractivity contribution is 1.10. The fourth-order valence-electron chi connectivity index (χ4n) is 4.54. The summed E-state index contributed by atoms with van der Waals surface area (Å²) in [6.07, 6.45) is 0. The zero-order chi connectivity index (χ0) is 22.0. The van der Waals surface area contributed by atoms with Gasteiger partial charge in [-0.3, -0.25) is 4.57 Å². The molecule has 6 rings (SSSR count). The van der Waals surface area contributed by atoms with Crippen LogP contribution in [-0.4, -0.2) is 9.55 Å². The topological polar surface area (TPSA) is 17.8 Å². The molecule has 0 saturated carbocycles. The minimum absolute atomic E-state index is 0.945. The number of para-hydroxylation sites is 3. The summed E-state index contributed by atoms with van der Waals surface area (Å²) < 4.78 is 2.28. The van der Waals surface area contributed by atoms with E-state index >= 15 is 0 Å². The van der Waals surface area contributed by atoms with Gasteiger partial charge < -0.3 is 0 Å². The average Bonchev–Trinajstić information content (AvgIpc) is 3.29. The van der Waals surface area contributed by atoms with E-state index in [-0.39, 0.29) is 0 Å². The van der Waals surface area contributed by atoms with Crippen molar-refractivity contribution in [2.45, 2.75) is 0 Å². The number of imidazole rings is 1. The van der Waals surface area contributed by atoms with Crippen LogP contribution in [0.1, 0.15) is 0 Å². The Labute approximate surface area is 193 Å². The van der Waals surface area contributed by atoms with Crippen LogP contribution in [0.2, 0.25) is 0 Å². The Balaban J connectivity index is 1.75. The first-order valence-corrected chi connectivity index (χ1v) is 11.2. The van der Waals surface area contributed by atoms with Gasteiger partial charge in [0.25, 0.3) is 0 Å². The molecule has 6 aromatic rings. The van der Waals surface area contributed by atoms with Crippen molar-refractivity contribution in [2.24, 2.45) is 0 Å². The molecular formula is C31H22N2. The maximum absolute atomic E-state index is 5.19. The second-order valence-electron chi connectivity index (χ2n) is 8.06. The highest BCUT2D eigenvalue weighted by Crippen LogP contribution is 2.41. The van der Waals surface area contributed by atoms with Gasteiger partial charge in [-0.05, 0) is 46.5 Å². The third-order valence-corrected chi connectivity index (χ3v) is 6.03. The zero-order valence-corrected chi connectivity index (χ0v) is 18.1. The highest BCUT2D eigenvalue weighted by atomic mass is 15.1. The number of hydrogen-bond acceptors (Lipinski definition) is 1. The maximum atomic E-state index is 5.19. The summed E-state index contributed by atoms with van der Waals surface area (Å²) in [6, 6.07) is 46.6. The molecule has 0 bridgehead atoms. The molecule has 33 heavy (non-hydrogen) atoms. The number of nitrogens with zero attached hydrogens (tertiary/aromatic N) is 2. The summed E-state index contributed by atoms with van der Waals surface area (Å²) in [6.45, 7) is 0. The van der Waals surface area contributed by atoms with E-state index < -0.39 is 0 Å². The van der Waals surface area contributed by atoms with Crippen LogP contribution in [0.3, 0.4) is 0 Å². The fourth-order valence-corrected chi connectivity index (χ4v) is 4.54. The first kappa shape index (κ1) is 19.3. The summed E-state index contributed by atoms with van der Waals surface area (Å²) in [5, 5.41) is 0. The van der Waals surface area contributed by atoms with Crippen LogP contribution in [0.5, 0.6) is 0 Å². The van der Waals surface area contributed by atoms with Crippen molar-refractivity contribution in [3.63, 3.8) is 0 Å². The van der Waals surface area contributed by atoms with Gasteiger partial charge in [-0.15, -0.1) is 0 Å². The molecular weight excluding hydrogens is 400 g/mol. The van der Waals surface area contributed by atoms with Crippen molar-refractivity contribution in [3.8, 4) is 39.3 Å². The van der Waals surface area contributed by atoms with Crippen LogP contribution in [-0.2, 0) is 0 Å². The van der Waals surface area contributed by atoms with Crippen molar-refractivity contribution in [2.75, 3.05) is 0 Å². The summed E-state index contributed by atoms with van der Waals surface area (Å²) in [4.78, 5) is 5.19. The highest BCUT2D eigenvalue weighted by Gasteiger charge is 2.21. The molecule has 0 spiro atoms. The summed E-state index contributed by atoms with van der Waals surface area (Å²) >= 11 is 0. The molecule has 0 aliphatic carbocycles. The molecule has 0 aliphatic heterocycles. The summed E-state index contributed by atoms with van der Waals surface area (Å²) in [5.41, 5.74) is 9.01. The standard InChI is InChI=1S/C31H22N2/c1-4-13-23(14-5-1)26-19-12-20-27(24-15-6-2-7-16-24)30(26)31-32-28-21-10-11-22-29(28)33(31)25-17-8-3-9-18-25/h1-22H. The first-order valence-electron chi connectivity index (χ1n) is 11.2. The lowest BCUT2D eigenvalue weighted by Crippen LogP contribution is -2.00. The molecule has 0 N–H and O–H groups in total. The molecule has 2 heteroatoms. The van der Waals surface area contributed by atoms with Gasteiger partial charge in [0.15, 0.2) is 0 Å². The molecule has 2 nitrogen and oxygen atoms in total. The number of fused-ring (bicyclic) bond motifs is 1. The predicted molar refractivity (Wildman–Crippen MR) is 137 cm³/mol. The molecule has 0 unspecified atom stereocenters. The van der Waals surface area contributed by atoms with Crippen molar-refractivity contribution in [1.29, 1.82) is 0 Å². The molecule has 5 aromatic carbocycles. The van der Waals surface area contributed by atoms with Crippen molar-refractivity contribution < 1.29 is 0 Å². The molecule has 0 fully saturated rings. The predicted octanol–water partition coefficient (Wildman–Crippen LogP) is 8.03. The molecule has 0 radical (unpaired) electrons. The van der Waals surface area contributed by atoms with E-state index in [4.69, 9.17) is 4.98 Å². The number of benzene rings is 5. The van der Waals surface area contributed by atoms with Gasteiger partial charge in [0.05, 0.1) is 11.0 Å². The summed E-state index contributed by atoms with van der Waals surface area (Å²) in [5.74, 6) is 0.945. The minimum atomic E-state index is 0.945. The molecule has 0 amide bonds. The minimum Gasteiger partial charge on any atom is -0.292 e. The van der Waals surface area contributed by atoms with E-state index in [0.717, 1.165) is 28.1 Å². The van der Waals surface area contributed by atoms with Gasteiger partial charge in [-0.25, -0.2) is 4.98 Å². The monoisotopic (exact) mass is 422 g/mol. The average molecular weight is 423 g/mol. The van der Waals surface area contributed by atoms with E-state index in [9.17, 15) is 0 Å². The van der Waals surface area contributed by atoms with Gasteiger partial charge in [-0.2, -0.15) is 0 Å². The van der Waals surface area contributed by atoms with Crippen molar-refractivity contribution in [1.82, 2.24) is 9.55 Å². The van der Waals surface area contributed by atoms with Gasteiger partial charge in [0.2, 0.25) is 0 Å². The quantitative estimate of drug-likeness (QED) is 0.281. The smallest absolute Gasteiger partial charge is 0.146 e. The van der Waals surface area contributed by atoms with E-state index in [0.29, 0.717) is 0 Å². The number of aromatic nitrogens is 2. The lowest BCUT2D eigenvalue weighted by Gasteiger charge is -2.17. The van der Waals surface area contributed by atoms with Crippen LogP contribution < -0.4 is 0 Å². The second-order valence-corrected chi connectivity index (χ2v) is 8.06. The fraction of sp³-hybridized carbons (Fsp3) is 0. The molecule has 0 saturated heterocycles. The van der Waals surface area contributed by atoms with Crippen LogP contribution >= 0.6 is 0 Å². The second kappa shape index (κ2) is 8.25. The van der Waals surface area contributed by atoms with Gasteiger partial charge in [-0.1, -0.05) is 109 Å². The van der Waals surface area contributed by atoms with Crippen molar-refractivity contribution in [3.05, 3.63) is 133 Å². The number of rotatable bonds is 4. The Kier molecular flexibility index (Phi) is 4.82. The Morgan fingerprint density at radius 1 is 0.455 bits per heavy atom.